The van der Waals surface area contributed by atoms with E-state index in [9.17, 15) is 9.90 Å². The molecule has 1 aliphatic heterocycles. The largest absolute Gasteiger partial charge is 0.389 e. The Hall–Kier alpha value is -3.11. The molecule has 0 unspecified atom stereocenters. The van der Waals surface area contributed by atoms with Crippen LogP contribution in [0.4, 0.5) is 4.79 Å². The van der Waals surface area contributed by atoms with Gasteiger partial charge in [-0.3, -0.25) is 0 Å². The fraction of sp³-hybridized carbons (Fsp3) is 0.240. The van der Waals surface area contributed by atoms with E-state index in [-0.39, 0.29) is 12.1 Å². The van der Waals surface area contributed by atoms with Gasteiger partial charge in [-0.2, -0.15) is 0 Å². The lowest BCUT2D eigenvalue weighted by atomic mass is 9.96. The number of carbonyl (C=O) groups is 1. The summed E-state index contributed by atoms with van der Waals surface area (Å²) in [4.78, 5) is 17.0. The van der Waals surface area contributed by atoms with E-state index in [4.69, 9.17) is 0 Å². The standard InChI is InChI=1S/C25H26N2O2/c28-24-19-26(17-21-12-6-2-7-13-21)25(29)27(18-22-14-8-3-9-15-22)23(24)16-20-10-4-1-5-11-20/h1-15,23-24,28H,16-19H2/t23-,24-/m0/s1. The van der Waals surface area contributed by atoms with Crippen molar-refractivity contribution in [3.05, 3.63) is 108 Å². The summed E-state index contributed by atoms with van der Waals surface area (Å²) < 4.78 is 0. The van der Waals surface area contributed by atoms with Crippen molar-refractivity contribution in [2.24, 2.45) is 0 Å². The van der Waals surface area contributed by atoms with Gasteiger partial charge in [-0.1, -0.05) is 91.0 Å². The summed E-state index contributed by atoms with van der Waals surface area (Å²) in [6, 6.07) is 29.7. The average Bonchev–Trinajstić information content (AvgIpc) is 2.76. The molecule has 3 aromatic carbocycles. The number of aliphatic hydroxyl groups excluding tert-OH is 1. The van der Waals surface area contributed by atoms with Crippen LogP contribution in [0, 0.1) is 0 Å². The summed E-state index contributed by atoms with van der Waals surface area (Å²) in [6.07, 6.45) is 0.0278. The molecule has 1 aliphatic rings. The van der Waals surface area contributed by atoms with Crippen LogP contribution in [-0.2, 0) is 19.5 Å². The molecule has 0 bridgehead atoms. The monoisotopic (exact) mass is 386 g/mol. The summed E-state index contributed by atoms with van der Waals surface area (Å²) in [7, 11) is 0. The Bertz CT molecular complexity index is 915. The van der Waals surface area contributed by atoms with Gasteiger partial charge in [-0.15, -0.1) is 0 Å². The van der Waals surface area contributed by atoms with Crippen LogP contribution in [0.2, 0.25) is 0 Å². The van der Waals surface area contributed by atoms with E-state index in [0.29, 0.717) is 26.1 Å². The minimum Gasteiger partial charge on any atom is -0.389 e. The highest BCUT2D eigenvalue weighted by Gasteiger charge is 2.39. The van der Waals surface area contributed by atoms with Crippen molar-refractivity contribution in [1.82, 2.24) is 9.80 Å². The van der Waals surface area contributed by atoms with Gasteiger partial charge in [0.15, 0.2) is 0 Å². The molecule has 0 radical (unpaired) electrons. The molecule has 4 rings (SSSR count). The van der Waals surface area contributed by atoms with Gasteiger partial charge in [0.05, 0.1) is 18.7 Å². The van der Waals surface area contributed by atoms with Gasteiger partial charge in [-0.25, -0.2) is 4.79 Å². The highest BCUT2D eigenvalue weighted by molar-refractivity contribution is 5.76. The maximum absolute atomic E-state index is 13.4. The first kappa shape index (κ1) is 19.2. The zero-order chi connectivity index (χ0) is 20.1. The molecule has 0 aliphatic carbocycles. The zero-order valence-electron chi connectivity index (χ0n) is 16.4. The summed E-state index contributed by atoms with van der Waals surface area (Å²) in [5.41, 5.74) is 3.25. The zero-order valence-corrected chi connectivity index (χ0v) is 16.4. The molecule has 4 heteroatoms. The number of aliphatic hydroxyl groups is 1. The molecule has 4 nitrogen and oxygen atoms in total. The summed E-state index contributed by atoms with van der Waals surface area (Å²) >= 11 is 0. The van der Waals surface area contributed by atoms with E-state index in [1.54, 1.807) is 4.90 Å². The second kappa shape index (κ2) is 8.93. The van der Waals surface area contributed by atoms with Crippen molar-refractivity contribution >= 4 is 6.03 Å². The number of nitrogens with zero attached hydrogens (tertiary/aromatic N) is 2. The molecular weight excluding hydrogens is 360 g/mol. The van der Waals surface area contributed by atoms with Crippen LogP contribution in [0.1, 0.15) is 16.7 Å². The SMILES string of the molecule is O=C1N(Cc2ccccc2)C[C@H](O)[C@H](Cc2ccccc2)N1Cc1ccccc1. The lowest BCUT2D eigenvalue weighted by molar-refractivity contribution is -0.00438. The Morgan fingerprint density at radius 3 is 1.76 bits per heavy atom. The highest BCUT2D eigenvalue weighted by atomic mass is 16.3. The van der Waals surface area contributed by atoms with Crippen molar-refractivity contribution in [3.8, 4) is 0 Å². The fourth-order valence-corrected chi connectivity index (χ4v) is 3.96. The summed E-state index contributed by atoms with van der Waals surface area (Å²) in [5, 5.41) is 11.0. The molecular formula is C25H26N2O2. The Balaban J connectivity index is 1.59. The van der Waals surface area contributed by atoms with E-state index in [2.05, 4.69) is 0 Å². The Morgan fingerprint density at radius 1 is 0.724 bits per heavy atom. The first-order valence-corrected chi connectivity index (χ1v) is 10.1. The molecule has 1 N–H and O–H groups in total. The minimum atomic E-state index is -0.611. The quantitative estimate of drug-likeness (QED) is 0.693. The Kier molecular flexibility index (Phi) is 5.92. The predicted octanol–water partition coefficient (Wildman–Crippen LogP) is 4.10. The van der Waals surface area contributed by atoms with Gasteiger partial charge in [0, 0.05) is 13.1 Å². The molecule has 1 saturated heterocycles. The van der Waals surface area contributed by atoms with Gasteiger partial charge in [0.1, 0.15) is 0 Å². The number of hydrogen-bond acceptors (Lipinski definition) is 2. The molecule has 3 aromatic rings. The van der Waals surface area contributed by atoms with Crippen LogP contribution < -0.4 is 0 Å². The smallest absolute Gasteiger partial charge is 0.321 e. The maximum Gasteiger partial charge on any atom is 0.321 e. The maximum atomic E-state index is 13.4. The number of benzene rings is 3. The second-order valence-corrected chi connectivity index (χ2v) is 7.59. The summed E-state index contributed by atoms with van der Waals surface area (Å²) in [6.45, 7) is 1.33. The molecule has 0 saturated carbocycles. The number of amides is 2. The van der Waals surface area contributed by atoms with Crippen molar-refractivity contribution < 1.29 is 9.90 Å². The fourth-order valence-electron chi connectivity index (χ4n) is 3.96. The van der Waals surface area contributed by atoms with Crippen molar-refractivity contribution in [2.75, 3.05) is 6.54 Å². The molecule has 0 spiro atoms. The third-order valence-corrected chi connectivity index (χ3v) is 5.47. The van der Waals surface area contributed by atoms with Gasteiger partial charge in [0.2, 0.25) is 0 Å². The second-order valence-electron chi connectivity index (χ2n) is 7.59. The van der Waals surface area contributed by atoms with Crippen LogP contribution in [-0.4, -0.2) is 39.6 Å². The first-order valence-electron chi connectivity index (χ1n) is 10.1. The highest BCUT2D eigenvalue weighted by Crippen LogP contribution is 2.24. The predicted molar refractivity (Wildman–Crippen MR) is 114 cm³/mol. The molecule has 148 valence electrons. The molecule has 2 atom stereocenters. The van der Waals surface area contributed by atoms with Crippen molar-refractivity contribution in [2.45, 2.75) is 31.7 Å². The van der Waals surface area contributed by atoms with Crippen molar-refractivity contribution in [3.63, 3.8) is 0 Å². The van der Waals surface area contributed by atoms with Gasteiger partial charge < -0.3 is 14.9 Å². The molecule has 1 heterocycles. The average molecular weight is 386 g/mol. The van der Waals surface area contributed by atoms with E-state index < -0.39 is 6.10 Å². The first-order chi connectivity index (χ1) is 14.2. The molecule has 1 fully saturated rings. The van der Waals surface area contributed by atoms with Crippen LogP contribution in [0.3, 0.4) is 0 Å². The molecule has 0 aromatic heterocycles. The van der Waals surface area contributed by atoms with Gasteiger partial charge in [-0.05, 0) is 23.1 Å². The van der Waals surface area contributed by atoms with E-state index in [1.807, 2.05) is 95.9 Å². The topological polar surface area (TPSA) is 43.8 Å². The number of urea groups is 1. The van der Waals surface area contributed by atoms with Crippen LogP contribution >= 0.6 is 0 Å². The van der Waals surface area contributed by atoms with Crippen molar-refractivity contribution in [1.29, 1.82) is 0 Å². The van der Waals surface area contributed by atoms with Crippen LogP contribution in [0.15, 0.2) is 91.0 Å². The number of hydrogen-bond donors (Lipinski definition) is 1. The Labute approximate surface area is 172 Å². The van der Waals surface area contributed by atoms with E-state index >= 15 is 0 Å². The molecule has 2 amide bonds. The third-order valence-electron chi connectivity index (χ3n) is 5.47. The van der Waals surface area contributed by atoms with E-state index in [1.165, 1.54) is 0 Å². The number of β-amino-alcohol motifs (C(OH)–C–C–N with tert-alkyl or cyclic N) is 1. The Morgan fingerprint density at radius 2 is 1.21 bits per heavy atom. The van der Waals surface area contributed by atoms with Gasteiger partial charge in [0.25, 0.3) is 0 Å². The third kappa shape index (κ3) is 4.66. The lowest BCUT2D eigenvalue weighted by Gasteiger charge is -2.44. The number of carbonyl (C=O) groups excluding carboxylic acids is 1. The van der Waals surface area contributed by atoms with Gasteiger partial charge >= 0.3 is 6.03 Å². The molecule has 29 heavy (non-hydrogen) atoms. The summed E-state index contributed by atoms with van der Waals surface area (Å²) in [5.74, 6) is 0. The lowest BCUT2D eigenvalue weighted by Crippen LogP contribution is -2.61. The van der Waals surface area contributed by atoms with E-state index in [0.717, 1.165) is 16.7 Å². The minimum absolute atomic E-state index is 0.0241. The number of rotatable bonds is 6. The van der Waals surface area contributed by atoms with Crippen LogP contribution in [0.5, 0.6) is 0 Å². The normalized spacial score (nSPS) is 19.4. The van der Waals surface area contributed by atoms with Crippen LogP contribution in [0.25, 0.3) is 0 Å².